The summed E-state index contributed by atoms with van der Waals surface area (Å²) in [4.78, 5) is 23.2. The maximum atomic E-state index is 12.3. The van der Waals surface area contributed by atoms with E-state index in [1.54, 1.807) is 18.2 Å². The molecule has 23 heavy (non-hydrogen) atoms. The first-order valence-corrected chi connectivity index (χ1v) is 8.00. The van der Waals surface area contributed by atoms with Gasteiger partial charge >= 0.3 is 5.97 Å². The van der Waals surface area contributed by atoms with Crippen molar-refractivity contribution < 1.29 is 14.5 Å². The number of nitro groups is 1. The summed E-state index contributed by atoms with van der Waals surface area (Å²) in [6.07, 6.45) is -0.146. The van der Waals surface area contributed by atoms with E-state index in [-0.39, 0.29) is 11.7 Å². The Bertz CT molecular complexity index is 774. The monoisotopic (exact) mass is 375 g/mol. The molecule has 2 unspecified atom stereocenters. The molecule has 1 aliphatic rings. The molecule has 2 atom stereocenters. The topological polar surface area (TPSA) is 69.4 Å². The number of cyclic esters (lactones) is 1. The fourth-order valence-electron chi connectivity index (χ4n) is 3.12. The maximum Gasteiger partial charge on any atom is 0.321 e. The van der Waals surface area contributed by atoms with E-state index >= 15 is 0 Å². The van der Waals surface area contributed by atoms with Gasteiger partial charge in [0.05, 0.1) is 10.5 Å². The highest BCUT2D eigenvalue weighted by Gasteiger charge is 2.60. The number of nitro benzene ring substituents is 1. The Labute approximate surface area is 141 Å². The number of carbonyl (C=O) groups excluding carboxylic acids is 1. The van der Waals surface area contributed by atoms with Gasteiger partial charge in [-0.1, -0.05) is 47.1 Å². The van der Waals surface area contributed by atoms with Crippen molar-refractivity contribution in [2.75, 3.05) is 0 Å². The number of hydrogen-bond acceptors (Lipinski definition) is 4. The van der Waals surface area contributed by atoms with E-state index in [2.05, 4.69) is 15.9 Å². The van der Waals surface area contributed by atoms with Crippen LogP contribution in [0, 0.1) is 10.1 Å². The summed E-state index contributed by atoms with van der Waals surface area (Å²) >= 11 is 3.37. The van der Waals surface area contributed by atoms with Crippen LogP contribution < -0.4 is 0 Å². The normalized spacial score (nSPS) is 23.0. The first-order chi connectivity index (χ1) is 11.0. The maximum absolute atomic E-state index is 12.3. The number of esters is 1. The molecule has 2 aromatic rings. The number of hydrogen-bond donors (Lipinski definition) is 0. The van der Waals surface area contributed by atoms with Gasteiger partial charge in [-0.15, -0.1) is 0 Å². The average molecular weight is 376 g/mol. The second kappa shape index (κ2) is 5.77. The van der Waals surface area contributed by atoms with Gasteiger partial charge in [0, 0.05) is 10.5 Å². The van der Waals surface area contributed by atoms with E-state index < -0.39 is 16.4 Å². The van der Waals surface area contributed by atoms with Crippen molar-refractivity contribution in [2.45, 2.75) is 24.9 Å². The summed E-state index contributed by atoms with van der Waals surface area (Å²) in [6, 6.07) is 13.8. The van der Waals surface area contributed by atoms with E-state index in [1.807, 2.05) is 31.2 Å². The second-order valence-electron chi connectivity index (χ2n) is 5.43. The molecule has 0 spiro atoms. The van der Waals surface area contributed by atoms with Crippen molar-refractivity contribution in [1.82, 2.24) is 0 Å². The van der Waals surface area contributed by atoms with E-state index in [0.717, 1.165) is 10.0 Å². The van der Waals surface area contributed by atoms with E-state index in [0.29, 0.717) is 12.0 Å². The molecular formula is C17H14BrNO4. The lowest BCUT2D eigenvalue weighted by molar-refractivity contribution is -0.386. The van der Waals surface area contributed by atoms with Gasteiger partial charge in [-0.05, 0) is 30.2 Å². The lowest BCUT2D eigenvalue weighted by atomic mass is 9.67. The third-order valence-corrected chi connectivity index (χ3v) is 4.90. The van der Waals surface area contributed by atoms with E-state index in [1.165, 1.54) is 6.07 Å². The Morgan fingerprint density at radius 1 is 1.22 bits per heavy atom. The lowest BCUT2D eigenvalue weighted by Crippen LogP contribution is -2.54. The third kappa shape index (κ3) is 2.34. The zero-order valence-corrected chi connectivity index (χ0v) is 13.9. The second-order valence-corrected chi connectivity index (χ2v) is 6.35. The molecule has 118 valence electrons. The molecule has 0 amide bonds. The van der Waals surface area contributed by atoms with Gasteiger partial charge in [0.2, 0.25) is 0 Å². The van der Waals surface area contributed by atoms with Crippen molar-refractivity contribution in [3.63, 3.8) is 0 Å². The minimum absolute atomic E-state index is 0.0278. The summed E-state index contributed by atoms with van der Waals surface area (Å²) in [5.41, 5.74) is 0.330. The van der Waals surface area contributed by atoms with Crippen molar-refractivity contribution >= 4 is 27.6 Å². The Morgan fingerprint density at radius 2 is 1.87 bits per heavy atom. The molecule has 0 N–H and O–H groups in total. The number of benzene rings is 2. The molecule has 1 aliphatic heterocycles. The van der Waals surface area contributed by atoms with Gasteiger partial charge in [-0.3, -0.25) is 14.9 Å². The Morgan fingerprint density at radius 3 is 2.43 bits per heavy atom. The Kier molecular flexibility index (Phi) is 3.93. The Hall–Kier alpha value is -2.21. The first kappa shape index (κ1) is 15.7. The predicted molar refractivity (Wildman–Crippen MR) is 88.0 cm³/mol. The summed E-state index contributed by atoms with van der Waals surface area (Å²) in [5.74, 6) is -0.342. The molecule has 0 aromatic heterocycles. The van der Waals surface area contributed by atoms with Crippen LogP contribution in [0.5, 0.6) is 0 Å². The fraction of sp³-hybridized carbons (Fsp3) is 0.235. The van der Waals surface area contributed by atoms with Crippen LogP contribution >= 0.6 is 15.9 Å². The van der Waals surface area contributed by atoms with Gasteiger partial charge in [-0.2, -0.15) is 0 Å². The predicted octanol–water partition coefficient (Wildman–Crippen LogP) is 4.30. The highest BCUT2D eigenvalue weighted by atomic mass is 79.9. The third-order valence-electron chi connectivity index (χ3n) is 4.37. The number of carbonyl (C=O) groups is 1. The van der Waals surface area contributed by atoms with Crippen LogP contribution in [0.15, 0.2) is 53.0 Å². The number of nitrogens with zero attached hydrogens (tertiary/aromatic N) is 1. The SMILES string of the molecule is CCC1(c2ccc(Br)cc2)C(=O)OC1c1ccccc1[N+](=O)[O-]. The van der Waals surface area contributed by atoms with Crippen LogP contribution in [0.3, 0.4) is 0 Å². The zero-order chi connectivity index (χ0) is 16.6. The van der Waals surface area contributed by atoms with Gasteiger partial charge in [0.15, 0.2) is 6.10 Å². The molecule has 6 heteroatoms. The molecule has 0 bridgehead atoms. The number of para-hydroxylation sites is 1. The minimum atomic E-state index is -0.882. The number of halogens is 1. The van der Waals surface area contributed by atoms with Crippen LogP contribution in [-0.4, -0.2) is 10.9 Å². The van der Waals surface area contributed by atoms with Crippen LogP contribution in [0.2, 0.25) is 0 Å². The average Bonchev–Trinajstić information content (AvgIpc) is 2.55. The van der Waals surface area contributed by atoms with Crippen molar-refractivity contribution in [2.24, 2.45) is 0 Å². The van der Waals surface area contributed by atoms with Crippen LogP contribution in [0.1, 0.15) is 30.6 Å². The van der Waals surface area contributed by atoms with Crippen LogP contribution in [-0.2, 0) is 14.9 Å². The van der Waals surface area contributed by atoms with E-state index in [4.69, 9.17) is 4.74 Å². The lowest BCUT2D eigenvalue weighted by Gasteiger charge is -2.46. The molecule has 1 fully saturated rings. The van der Waals surface area contributed by atoms with Gasteiger partial charge < -0.3 is 4.74 Å². The summed E-state index contributed by atoms with van der Waals surface area (Å²) in [7, 11) is 0. The van der Waals surface area contributed by atoms with Gasteiger partial charge in [0.25, 0.3) is 5.69 Å². The summed E-state index contributed by atoms with van der Waals surface area (Å²) in [6.45, 7) is 1.89. The van der Waals surface area contributed by atoms with Crippen molar-refractivity contribution in [3.8, 4) is 0 Å². The fourth-order valence-corrected chi connectivity index (χ4v) is 3.38. The Balaban J connectivity index is 2.12. The quantitative estimate of drug-likeness (QED) is 0.453. The highest BCUT2D eigenvalue weighted by molar-refractivity contribution is 9.10. The minimum Gasteiger partial charge on any atom is -0.455 e. The molecule has 0 aliphatic carbocycles. The van der Waals surface area contributed by atoms with Gasteiger partial charge in [-0.25, -0.2) is 0 Å². The molecule has 1 saturated heterocycles. The molecule has 3 rings (SSSR count). The summed E-state index contributed by atoms with van der Waals surface area (Å²) < 4.78 is 6.26. The highest BCUT2D eigenvalue weighted by Crippen LogP contribution is 2.53. The molecular weight excluding hydrogens is 362 g/mol. The number of ether oxygens (including phenoxy) is 1. The molecule has 5 nitrogen and oxygen atoms in total. The molecule has 2 aromatic carbocycles. The smallest absolute Gasteiger partial charge is 0.321 e. The van der Waals surface area contributed by atoms with Crippen LogP contribution in [0.4, 0.5) is 5.69 Å². The van der Waals surface area contributed by atoms with E-state index in [9.17, 15) is 14.9 Å². The van der Waals surface area contributed by atoms with Crippen molar-refractivity contribution in [3.05, 3.63) is 74.2 Å². The standard InChI is InChI=1S/C17H14BrNO4/c1-2-17(11-7-9-12(18)10-8-11)15(23-16(17)20)13-5-3-4-6-14(13)19(21)22/h3-10,15H,2H2,1H3. The first-order valence-electron chi connectivity index (χ1n) is 7.21. The van der Waals surface area contributed by atoms with Crippen molar-refractivity contribution in [1.29, 1.82) is 0 Å². The zero-order valence-electron chi connectivity index (χ0n) is 12.4. The number of rotatable bonds is 4. The van der Waals surface area contributed by atoms with Gasteiger partial charge in [0.1, 0.15) is 5.41 Å². The summed E-state index contributed by atoms with van der Waals surface area (Å²) in [5, 5.41) is 11.3. The van der Waals surface area contributed by atoms with Crippen LogP contribution in [0.25, 0.3) is 0 Å². The molecule has 0 radical (unpaired) electrons. The molecule has 0 saturated carbocycles. The largest absolute Gasteiger partial charge is 0.455 e. The molecule has 1 heterocycles.